The summed E-state index contributed by atoms with van der Waals surface area (Å²) >= 11 is 0. The Bertz CT molecular complexity index is 2810. The number of pyridine rings is 1. The molecule has 3 heterocycles. The second kappa shape index (κ2) is 15.2. The predicted molar refractivity (Wildman–Crippen MR) is 209 cm³/mol. The normalized spacial score (nSPS) is 14.1. The Morgan fingerprint density at radius 1 is 0.654 bits per heavy atom. The molecule has 0 aliphatic carbocycles. The zero-order valence-corrected chi connectivity index (χ0v) is 30.0. The van der Waals surface area contributed by atoms with Gasteiger partial charge in [-0.3, -0.25) is 4.98 Å². The number of imidazole rings is 1. The van der Waals surface area contributed by atoms with Gasteiger partial charge in [-0.1, -0.05) is 145 Å². The van der Waals surface area contributed by atoms with Crippen LogP contribution in [0.5, 0.6) is 0 Å². The fourth-order valence-electron chi connectivity index (χ4n) is 6.18. The van der Waals surface area contributed by atoms with Crippen LogP contribution in [-0.4, -0.2) is 14.5 Å². The topological polar surface area (TPSA) is 43.9 Å². The summed E-state index contributed by atoms with van der Waals surface area (Å²) in [6.45, 7) is -6.59. The Balaban J connectivity index is 0.000000226. The first kappa shape index (κ1) is 25.1. The van der Waals surface area contributed by atoms with Crippen LogP contribution in [0.15, 0.2) is 162 Å². The zero-order chi connectivity index (χ0) is 42.2. The molecule has 0 fully saturated rings. The van der Waals surface area contributed by atoms with Crippen LogP contribution in [0.25, 0.3) is 72.6 Å². The molecule has 0 amide bonds. The summed E-state index contributed by atoms with van der Waals surface area (Å²) in [5, 5.41) is 0.656. The maximum atomic E-state index is 7.96. The van der Waals surface area contributed by atoms with Crippen LogP contribution in [0.2, 0.25) is 0 Å². The summed E-state index contributed by atoms with van der Waals surface area (Å²) in [5.41, 5.74) is 9.90. The third kappa shape index (κ3) is 6.89. The van der Waals surface area contributed by atoms with E-state index in [1.165, 1.54) is 24.4 Å². The molecule has 255 valence electrons. The van der Waals surface area contributed by atoms with E-state index in [1.54, 1.807) is 30.3 Å². The average Bonchev–Trinajstić information content (AvgIpc) is 3.85. The Kier molecular flexibility index (Phi) is 7.33. The van der Waals surface area contributed by atoms with Gasteiger partial charge < -0.3 is 14.0 Å². The molecule has 4 nitrogen and oxygen atoms in total. The van der Waals surface area contributed by atoms with Gasteiger partial charge in [-0.2, -0.15) is 0 Å². The fourth-order valence-corrected chi connectivity index (χ4v) is 6.18. The molecular formula is C47H35IrN3O-2. The van der Waals surface area contributed by atoms with Crippen molar-refractivity contribution in [1.82, 2.24) is 14.5 Å². The van der Waals surface area contributed by atoms with Gasteiger partial charge in [-0.15, -0.1) is 35.4 Å². The van der Waals surface area contributed by atoms with Crippen LogP contribution in [0, 0.1) is 32.9 Å². The minimum absolute atomic E-state index is 0. The largest absolute Gasteiger partial charge is 0.557 e. The minimum atomic E-state index is -2.25. The van der Waals surface area contributed by atoms with Gasteiger partial charge in [0.05, 0.1) is 22.5 Å². The van der Waals surface area contributed by atoms with E-state index in [0.717, 1.165) is 39.0 Å². The van der Waals surface area contributed by atoms with Gasteiger partial charge in [-0.05, 0) is 48.2 Å². The molecule has 9 rings (SSSR count). The van der Waals surface area contributed by atoms with E-state index in [4.69, 9.17) is 21.7 Å². The zero-order valence-electron chi connectivity index (χ0n) is 36.6. The molecule has 0 saturated carbocycles. The van der Waals surface area contributed by atoms with E-state index in [1.807, 2.05) is 54.6 Å². The Morgan fingerprint density at radius 2 is 1.33 bits per heavy atom. The van der Waals surface area contributed by atoms with Crippen molar-refractivity contribution in [1.29, 1.82) is 0 Å². The third-order valence-corrected chi connectivity index (χ3v) is 8.58. The van der Waals surface area contributed by atoms with Gasteiger partial charge in [0.15, 0.2) is 0 Å². The molecule has 9 aromatic rings. The number of nitrogens with zero attached hydrogens (tertiary/aromatic N) is 3. The van der Waals surface area contributed by atoms with E-state index in [9.17, 15) is 0 Å². The summed E-state index contributed by atoms with van der Waals surface area (Å²) in [6.07, 6.45) is 4.36. The van der Waals surface area contributed by atoms with Crippen LogP contribution in [0.3, 0.4) is 0 Å². The summed E-state index contributed by atoms with van der Waals surface area (Å²) in [7, 11) is 0. The number of hydrogen-bond donors (Lipinski definition) is 0. The Labute approximate surface area is 330 Å². The Morgan fingerprint density at radius 3 is 1.98 bits per heavy atom. The summed E-state index contributed by atoms with van der Waals surface area (Å²) in [6, 6.07) is 50.3. The van der Waals surface area contributed by atoms with Crippen LogP contribution >= 0.6 is 0 Å². The van der Waals surface area contributed by atoms with Crippen molar-refractivity contribution in [2.45, 2.75) is 20.6 Å². The Hall–Kier alpha value is -5.87. The molecule has 3 aromatic heterocycles. The fraction of sp³-hybridized carbons (Fsp3) is 0.0638. The molecule has 0 N–H and O–H groups in total. The molecule has 0 bridgehead atoms. The van der Waals surface area contributed by atoms with Gasteiger partial charge in [0, 0.05) is 61.6 Å². The van der Waals surface area contributed by atoms with Crippen molar-refractivity contribution < 1.29 is 36.9 Å². The minimum Gasteiger partial charge on any atom is -0.557 e. The maximum absolute atomic E-state index is 7.96. The van der Waals surface area contributed by atoms with Crippen LogP contribution < -0.4 is 0 Å². The molecule has 6 aromatic carbocycles. The number of hydrogen-bond acceptors (Lipinski definition) is 3. The quantitative estimate of drug-likeness (QED) is 0.162. The van der Waals surface area contributed by atoms with E-state index in [-0.39, 0.29) is 36.8 Å². The SMILES string of the molecule is [2H]C([2H])([2H])c1c[c-]c(-c2ccc(C([2H])([2H])[2H])cn2)cc1.[2H]C([2H])([2H])c1ccc2o[c-]c(-c3nc4ccccc4n3-c3c(-c4ccccc4)cccc3-c3ccccc3)c2c1.[Ir]. The molecular weight excluding hydrogens is 815 g/mol. The van der Waals surface area contributed by atoms with E-state index in [0.29, 0.717) is 33.6 Å². The number of benzene rings is 6. The van der Waals surface area contributed by atoms with Crippen molar-refractivity contribution in [3.05, 3.63) is 187 Å². The van der Waals surface area contributed by atoms with Crippen molar-refractivity contribution >= 4 is 22.0 Å². The summed E-state index contributed by atoms with van der Waals surface area (Å²) in [4.78, 5) is 9.15. The molecule has 0 aliphatic heterocycles. The number of furan rings is 1. The molecule has 0 spiro atoms. The van der Waals surface area contributed by atoms with Crippen molar-refractivity contribution in [3.8, 4) is 50.6 Å². The molecule has 1 radical (unpaired) electrons. The van der Waals surface area contributed by atoms with Crippen LogP contribution in [0.1, 0.15) is 29.0 Å². The number of aryl methyl sites for hydroxylation is 3. The number of aromatic nitrogens is 3. The van der Waals surface area contributed by atoms with Crippen molar-refractivity contribution in [2.24, 2.45) is 0 Å². The monoisotopic (exact) mass is 859 g/mol. The second-order valence-electron chi connectivity index (χ2n) is 11.9. The molecule has 0 aliphatic rings. The van der Waals surface area contributed by atoms with E-state index >= 15 is 0 Å². The van der Waals surface area contributed by atoms with Gasteiger partial charge >= 0.3 is 0 Å². The molecule has 0 atom stereocenters. The number of rotatable bonds is 5. The van der Waals surface area contributed by atoms with Gasteiger partial charge in [0.2, 0.25) is 0 Å². The van der Waals surface area contributed by atoms with Crippen molar-refractivity contribution in [3.63, 3.8) is 0 Å². The number of fused-ring (bicyclic) bond motifs is 2. The van der Waals surface area contributed by atoms with Crippen LogP contribution in [-0.2, 0) is 20.1 Å². The van der Waals surface area contributed by atoms with Gasteiger partial charge in [-0.25, -0.2) is 0 Å². The first-order valence-electron chi connectivity index (χ1n) is 20.8. The summed E-state index contributed by atoms with van der Waals surface area (Å²) in [5.74, 6) is 0.628. The first-order chi connectivity index (χ1) is 28.7. The smallest absolute Gasteiger partial charge is 0.0774 e. The van der Waals surface area contributed by atoms with E-state index in [2.05, 4.69) is 70.4 Å². The molecule has 52 heavy (non-hydrogen) atoms. The molecule has 0 unspecified atom stereocenters. The predicted octanol–water partition coefficient (Wildman–Crippen LogP) is 12.0. The van der Waals surface area contributed by atoms with Crippen LogP contribution in [0.4, 0.5) is 0 Å². The molecule has 0 saturated heterocycles. The van der Waals surface area contributed by atoms with E-state index < -0.39 is 20.6 Å². The summed E-state index contributed by atoms with van der Waals surface area (Å²) < 4.78 is 75.5. The molecule has 5 heteroatoms. The van der Waals surface area contributed by atoms with Gasteiger partial charge in [0.25, 0.3) is 0 Å². The van der Waals surface area contributed by atoms with Crippen molar-refractivity contribution in [2.75, 3.05) is 0 Å². The van der Waals surface area contributed by atoms with Gasteiger partial charge in [0.1, 0.15) is 0 Å². The maximum Gasteiger partial charge on any atom is 0.0774 e. The third-order valence-electron chi connectivity index (χ3n) is 8.58. The second-order valence-corrected chi connectivity index (χ2v) is 11.9. The average molecular weight is 859 g/mol. The standard InChI is InChI=1S/C34H23N2O.C13H12N.Ir/c1-23-19-20-32-28(21-23)29(22-37-32)34-35-30-17-8-9-18-31(30)36(34)33-26(24-11-4-2-5-12-24)15-10-16-27(33)25-13-6-3-7-14-25;1-10-3-6-12(7-4-10)13-8-5-11(2)9-14-13;/h2-21H,1H3;3-6,8-9H,1-2H3;/q2*-1;/i1D3;1D3,2D3;. The first-order valence-corrected chi connectivity index (χ1v) is 16.3. The number of para-hydroxylation sites is 3.